The minimum absolute atomic E-state index is 0.106. The lowest BCUT2D eigenvalue weighted by molar-refractivity contribution is -0.140. The van der Waals surface area contributed by atoms with E-state index < -0.39 is 17.7 Å². The Morgan fingerprint density at radius 2 is 1.81 bits per heavy atom. The second-order valence-electron chi connectivity index (χ2n) is 8.09. The lowest BCUT2D eigenvalue weighted by Gasteiger charge is -2.31. The van der Waals surface area contributed by atoms with E-state index in [2.05, 4.69) is 4.90 Å². The molecule has 0 aromatic heterocycles. The van der Waals surface area contributed by atoms with E-state index >= 15 is 0 Å². The predicted molar refractivity (Wildman–Crippen MR) is 120 cm³/mol. The Morgan fingerprint density at radius 3 is 2.50 bits per heavy atom. The van der Waals surface area contributed by atoms with Crippen molar-refractivity contribution in [3.63, 3.8) is 0 Å². The zero-order valence-electron chi connectivity index (χ0n) is 18.4. The van der Waals surface area contributed by atoms with Crippen LogP contribution in [0.5, 0.6) is 5.75 Å². The van der Waals surface area contributed by atoms with Crippen molar-refractivity contribution in [1.29, 1.82) is 0 Å². The second kappa shape index (κ2) is 9.54. The Hall–Kier alpha value is -3.16. The van der Waals surface area contributed by atoms with E-state index in [4.69, 9.17) is 9.47 Å². The van der Waals surface area contributed by atoms with Crippen LogP contribution in [-0.2, 0) is 14.3 Å². The Bertz CT molecular complexity index is 1020. The first-order valence-electron chi connectivity index (χ1n) is 10.8. The zero-order chi connectivity index (χ0) is 22.7. The maximum atomic E-state index is 13.1. The number of Topliss-reactive ketones (excluding diaryl/α,β-unsaturated/α-hetero) is 1. The van der Waals surface area contributed by atoms with Crippen LogP contribution in [0.1, 0.15) is 22.7 Å². The van der Waals surface area contributed by atoms with Gasteiger partial charge >= 0.3 is 0 Å². The number of hydrogen-bond acceptors (Lipinski definition) is 6. The number of aryl methyl sites for hydroxylation is 1. The summed E-state index contributed by atoms with van der Waals surface area (Å²) in [7, 11) is 1.57. The van der Waals surface area contributed by atoms with Gasteiger partial charge in [0.05, 0.1) is 31.9 Å². The number of amides is 1. The molecule has 0 unspecified atom stereocenters. The lowest BCUT2D eigenvalue weighted by atomic mass is 9.95. The Kier molecular flexibility index (Phi) is 6.58. The van der Waals surface area contributed by atoms with Gasteiger partial charge in [-0.2, -0.15) is 0 Å². The highest BCUT2D eigenvalue weighted by atomic mass is 16.5. The van der Waals surface area contributed by atoms with Crippen molar-refractivity contribution in [1.82, 2.24) is 9.80 Å². The van der Waals surface area contributed by atoms with Crippen LogP contribution in [0, 0.1) is 6.92 Å². The Labute approximate surface area is 187 Å². The van der Waals surface area contributed by atoms with Gasteiger partial charge in [-0.05, 0) is 24.6 Å². The summed E-state index contributed by atoms with van der Waals surface area (Å²) in [5, 5.41) is 11.1. The molecule has 0 spiro atoms. The SMILES string of the molecule is COc1cccc([C@@H]2C(=C(O)c3ccc(C)cc3)C(=O)C(=O)N2CCN2CCOCC2)c1. The van der Waals surface area contributed by atoms with Crippen LogP contribution in [0.25, 0.3) is 5.76 Å². The highest BCUT2D eigenvalue weighted by Gasteiger charge is 2.46. The van der Waals surface area contributed by atoms with Gasteiger partial charge in [0.2, 0.25) is 0 Å². The molecule has 1 amide bonds. The Balaban J connectivity index is 1.74. The number of nitrogens with zero attached hydrogens (tertiary/aromatic N) is 2. The van der Waals surface area contributed by atoms with Gasteiger partial charge in [0.15, 0.2) is 0 Å². The van der Waals surface area contributed by atoms with Crippen LogP contribution in [0.2, 0.25) is 0 Å². The summed E-state index contributed by atoms with van der Waals surface area (Å²) in [6.45, 7) is 5.84. The molecule has 0 radical (unpaired) electrons. The minimum atomic E-state index is -0.688. The van der Waals surface area contributed by atoms with E-state index in [0.29, 0.717) is 37.6 Å². The lowest BCUT2D eigenvalue weighted by Crippen LogP contribution is -2.42. The van der Waals surface area contributed by atoms with Crippen LogP contribution >= 0.6 is 0 Å². The number of likely N-dealkylation sites (tertiary alicyclic amines) is 1. The van der Waals surface area contributed by atoms with Gasteiger partial charge < -0.3 is 19.5 Å². The van der Waals surface area contributed by atoms with E-state index in [0.717, 1.165) is 24.2 Å². The normalized spacial score (nSPS) is 21.2. The first-order chi connectivity index (χ1) is 15.5. The molecule has 2 fully saturated rings. The number of methoxy groups -OCH3 is 1. The van der Waals surface area contributed by atoms with Crippen LogP contribution in [0.15, 0.2) is 54.1 Å². The molecular formula is C25H28N2O5. The van der Waals surface area contributed by atoms with Crippen molar-refractivity contribution < 1.29 is 24.2 Å². The van der Waals surface area contributed by atoms with Crippen molar-refractivity contribution in [2.24, 2.45) is 0 Å². The van der Waals surface area contributed by atoms with Gasteiger partial charge in [-0.25, -0.2) is 0 Å². The number of hydrogen-bond donors (Lipinski definition) is 1. The minimum Gasteiger partial charge on any atom is -0.507 e. The number of benzene rings is 2. The van der Waals surface area contributed by atoms with Crippen LogP contribution in [0.3, 0.4) is 0 Å². The van der Waals surface area contributed by atoms with Gasteiger partial charge in [0.1, 0.15) is 11.5 Å². The number of aliphatic hydroxyl groups excluding tert-OH is 1. The number of rotatable bonds is 6. The molecule has 4 rings (SSSR count). The number of ketones is 1. The molecule has 32 heavy (non-hydrogen) atoms. The standard InChI is InChI=1S/C25H28N2O5/c1-17-6-8-18(9-7-17)23(28)21-22(19-4-3-5-20(16-19)31-2)27(25(30)24(21)29)11-10-26-12-14-32-15-13-26/h3-9,16,22,28H,10-15H2,1-2H3/t22-/m1/s1. The molecular weight excluding hydrogens is 408 g/mol. The molecule has 1 N–H and O–H groups in total. The second-order valence-corrected chi connectivity index (χ2v) is 8.09. The van der Waals surface area contributed by atoms with Gasteiger partial charge in [0, 0.05) is 31.7 Å². The van der Waals surface area contributed by atoms with Crippen LogP contribution in [0.4, 0.5) is 0 Å². The zero-order valence-corrected chi connectivity index (χ0v) is 18.4. The molecule has 2 aromatic carbocycles. The van der Waals surface area contributed by atoms with Crippen molar-refractivity contribution in [3.05, 3.63) is 70.8 Å². The topological polar surface area (TPSA) is 79.3 Å². The largest absolute Gasteiger partial charge is 0.507 e. The molecule has 0 aliphatic carbocycles. The molecule has 7 nitrogen and oxygen atoms in total. The summed E-state index contributed by atoms with van der Waals surface area (Å²) in [6.07, 6.45) is 0. The fraction of sp³-hybridized carbons (Fsp3) is 0.360. The Morgan fingerprint density at radius 1 is 1.09 bits per heavy atom. The molecule has 2 aromatic rings. The van der Waals surface area contributed by atoms with Crippen LogP contribution in [-0.4, -0.2) is 73.1 Å². The average molecular weight is 437 g/mol. The number of morpholine rings is 1. The van der Waals surface area contributed by atoms with Gasteiger partial charge in [-0.15, -0.1) is 0 Å². The summed E-state index contributed by atoms with van der Waals surface area (Å²) in [4.78, 5) is 30.0. The molecule has 168 valence electrons. The molecule has 2 aliphatic heterocycles. The number of carbonyl (C=O) groups is 2. The summed E-state index contributed by atoms with van der Waals surface area (Å²) >= 11 is 0. The van der Waals surface area contributed by atoms with Gasteiger partial charge in [-0.3, -0.25) is 14.5 Å². The first kappa shape index (κ1) is 22.0. The van der Waals surface area contributed by atoms with Gasteiger partial charge in [0.25, 0.3) is 11.7 Å². The van der Waals surface area contributed by atoms with Crippen molar-refractivity contribution in [2.75, 3.05) is 46.5 Å². The summed E-state index contributed by atoms with van der Waals surface area (Å²) in [5.41, 5.74) is 2.37. The molecule has 7 heteroatoms. The number of ether oxygens (including phenoxy) is 2. The van der Waals surface area contributed by atoms with Gasteiger partial charge in [-0.1, -0.05) is 42.0 Å². The van der Waals surface area contributed by atoms with Crippen molar-refractivity contribution >= 4 is 17.4 Å². The fourth-order valence-electron chi connectivity index (χ4n) is 4.21. The third-order valence-electron chi connectivity index (χ3n) is 6.04. The van der Waals surface area contributed by atoms with E-state index in [1.807, 2.05) is 37.3 Å². The van der Waals surface area contributed by atoms with Crippen molar-refractivity contribution in [2.45, 2.75) is 13.0 Å². The fourth-order valence-corrected chi connectivity index (χ4v) is 4.21. The molecule has 1 atom stereocenters. The summed E-state index contributed by atoms with van der Waals surface area (Å²) < 4.78 is 10.8. The van der Waals surface area contributed by atoms with E-state index in [1.54, 1.807) is 30.2 Å². The maximum absolute atomic E-state index is 13.1. The number of carbonyl (C=O) groups excluding carboxylic acids is 2. The molecule has 2 saturated heterocycles. The molecule has 0 bridgehead atoms. The quantitative estimate of drug-likeness (QED) is 0.426. The highest BCUT2D eigenvalue weighted by Crippen LogP contribution is 2.40. The van der Waals surface area contributed by atoms with E-state index in [1.165, 1.54) is 0 Å². The van der Waals surface area contributed by atoms with Crippen molar-refractivity contribution in [3.8, 4) is 5.75 Å². The maximum Gasteiger partial charge on any atom is 0.295 e. The molecule has 2 heterocycles. The summed E-state index contributed by atoms with van der Waals surface area (Å²) in [5.74, 6) is -0.806. The predicted octanol–water partition coefficient (Wildman–Crippen LogP) is 2.76. The average Bonchev–Trinajstić information content (AvgIpc) is 3.08. The molecule has 0 saturated carbocycles. The number of aliphatic hydroxyl groups is 1. The third kappa shape index (κ3) is 4.40. The van der Waals surface area contributed by atoms with Crippen LogP contribution < -0.4 is 4.74 Å². The third-order valence-corrected chi connectivity index (χ3v) is 6.04. The highest BCUT2D eigenvalue weighted by molar-refractivity contribution is 6.46. The smallest absolute Gasteiger partial charge is 0.295 e. The summed E-state index contributed by atoms with van der Waals surface area (Å²) in [6, 6.07) is 13.8. The molecule has 2 aliphatic rings. The van der Waals surface area contributed by atoms with E-state index in [9.17, 15) is 14.7 Å². The first-order valence-corrected chi connectivity index (χ1v) is 10.8. The van der Waals surface area contributed by atoms with E-state index in [-0.39, 0.29) is 11.3 Å². The monoisotopic (exact) mass is 436 g/mol.